The summed E-state index contributed by atoms with van der Waals surface area (Å²) >= 11 is 5.56. The van der Waals surface area contributed by atoms with Gasteiger partial charge in [-0.05, 0) is 19.1 Å². The molecule has 7 nitrogen and oxygen atoms in total. The van der Waals surface area contributed by atoms with E-state index in [1.54, 1.807) is 0 Å². The van der Waals surface area contributed by atoms with Crippen LogP contribution in [-0.2, 0) is 24.4 Å². The fourth-order valence-electron chi connectivity index (χ4n) is 1.18. The van der Waals surface area contributed by atoms with E-state index in [0.29, 0.717) is 6.07 Å². The number of hydrogen-bond donors (Lipinski definition) is 2. The standard InChI is InChI=1S/C8H10ClNO6S2/c1-2-16-18(14,15)8-4-7(17(11,12)13)5(9)3-6(8)10/h3-4H,2,10H2,1H3,(H,11,12,13). The van der Waals surface area contributed by atoms with Crippen molar-refractivity contribution in [2.24, 2.45) is 0 Å². The average molecular weight is 316 g/mol. The molecule has 10 heteroatoms. The molecule has 0 bridgehead atoms. The van der Waals surface area contributed by atoms with Crippen LogP contribution in [-0.4, -0.2) is 28.0 Å². The molecule has 0 aliphatic rings. The van der Waals surface area contributed by atoms with Crippen LogP contribution in [0.3, 0.4) is 0 Å². The fourth-order valence-corrected chi connectivity index (χ4v) is 3.34. The van der Waals surface area contributed by atoms with Crippen LogP contribution < -0.4 is 5.73 Å². The zero-order valence-corrected chi connectivity index (χ0v) is 11.5. The number of rotatable bonds is 4. The lowest BCUT2D eigenvalue weighted by atomic mass is 10.3. The van der Waals surface area contributed by atoms with Gasteiger partial charge < -0.3 is 5.73 Å². The van der Waals surface area contributed by atoms with Gasteiger partial charge in [0.25, 0.3) is 20.2 Å². The van der Waals surface area contributed by atoms with Gasteiger partial charge in [-0.15, -0.1) is 0 Å². The Kier molecular flexibility index (Phi) is 4.23. The highest BCUT2D eigenvalue weighted by Crippen LogP contribution is 2.30. The molecule has 0 saturated carbocycles. The maximum atomic E-state index is 11.6. The summed E-state index contributed by atoms with van der Waals surface area (Å²) in [4.78, 5) is -1.32. The molecule has 102 valence electrons. The molecule has 0 atom stereocenters. The largest absolute Gasteiger partial charge is 0.398 e. The van der Waals surface area contributed by atoms with Gasteiger partial charge in [0.05, 0.1) is 17.3 Å². The van der Waals surface area contributed by atoms with E-state index in [0.717, 1.165) is 6.07 Å². The number of halogens is 1. The van der Waals surface area contributed by atoms with Crippen LogP contribution in [0.5, 0.6) is 0 Å². The number of nitrogen functional groups attached to an aromatic ring is 1. The van der Waals surface area contributed by atoms with Crippen molar-refractivity contribution in [2.75, 3.05) is 12.3 Å². The molecule has 0 aliphatic carbocycles. The Balaban J connectivity index is 3.59. The van der Waals surface area contributed by atoms with Gasteiger partial charge >= 0.3 is 0 Å². The lowest BCUT2D eigenvalue weighted by molar-refractivity contribution is 0.338. The van der Waals surface area contributed by atoms with Gasteiger partial charge in [-0.3, -0.25) is 8.74 Å². The van der Waals surface area contributed by atoms with Crippen molar-refractivity contribution in [1.82, 2.24) is 0 Å². The van der Waals surface area contributed by atoms with Crippen LogP contribution in [0.1, 0.15) is 6.92 Å². The molecule has 0 saturated heterocycles. The molecule has 1 aromatic carbocycles. The first-order chi connectivity index (χ1) is 8.09. The van der Waals surface area contributed by atoms with Gasteiger partial charge in [-0.2, -0.15) is 16.8 Å². The van der Waals surface area contributed by atoms with Crippen molar-refractivity contribution in [3.63, 3.8) is 0 Å². The molecule has 1 aromatic rings. The Labute approximate surface area is 109 Å². The van der Waals surface area contributed by atoms with E-state index < -0.39 is 30.0 Å². The number of benzene rings is 1. The summed E-state index contributed by atoms with van der Waals surface area (Å²) in [6.45, 7) is 1.29. The molecule has 0 fully saturated rings. The van der Waals surface area contributed by atoms with E-state index in [4.69, 9.17) is 21.9 Å². The predicted molar refractivity (Wildman–Crippen MR) is 64.5 cm³/mol. The van der Waals surface area contributed by atoms with Gasteiger partial charge in [0.1, 0.15) is 9.79 Å². The van der Waals surface area contributed by atoms with Crippen LogP contribution >= 0.6 is 11.6 Å². The lowest BCUT2D eigenvalue weighted by Crippen LogP contribution is -2.11. The minimum Gasteiger partial charge on any atom is -0.398 e. The minimum absolute atomic E-state index is 0.147. The van der Waals surface area contributed by atoms with Crippen molar-refractivity contribution < 1.29 is 25.6 Å². The van der Waals surface area contributed by atoms with E-state index in [9.17, 15) is 16.8 Å². The fraction of sp³-hybridized carbons (Fsp3) is 0.250. The zero-order valence-electron chi connectivity index (χ0n) is 9.12. The third kappa shape index (κ3) is 3.12. The summed E-state index contributed by atoms with van der Waals surface area (Å²) in [6.07, 6.45) is 0. The van der Waals surface area contributed by atoms with E-state index in [1.807, 2.05) is 0 Å². The van der Waals surface area contributed by atoms with Crippen LogP contribution in [0.2, 0.25) is 5.02 Å². The molecule has 0 aromatic heterocycles. The Bertz CT molecular complexity index is 667. The molecular weight excluding hydrogens is 306 g/mol. The summed E-state index contributed by atoms with van der Waals surface area (Å²) in [6, 6.07) is 1.56. The summed E-state index contributed by atoms with van der Waals surface area (Å²) in [5.74, 6) is 0. The van der Waals surface area contributed by atoms with Gasteiger partial charge in [0.15, 0.2) is 0 Å². The average Bonchev–Trinajstić information content (AvgIpc) is 2.14. The van der Waals surface area contributed by atoms with Crippen LogP contribution in [0, 0.1) is 0 Å². The Hall–Kier alpha value is -0.870. The first kappa shape index (κ1) is 15.2. The molecule has 0 heterocycles. The van der Waals surface area contributed by atoms with Gasteiger partial charge in [-0.1, -0.05) is 11.6 Å². The second-order valence-corrected chi connectivity index (χ2v) is 6.54. The molecule has 0 unspecified atom stereocenters. The van der Waals surface area contributed by atoms with Crippen LogP contribution in [0.25, 0.3) is 0 Å². The maximum Gasteiger partial charge on any atom is 0.299 e. The molecular formula is C8H10ClNO6S2. The minimum atomic E-state index is -4.66. The van der Waals surface area contributed by atoms with E-state index in [2.05, 4.69) is 4.18 Å². The van der Waals surface area contributed by atoms with Crippen molar-refractivity contribution >= 4 is 37.5 Å². The van der Waals surface area contributed by atoms with E-state index in [1.165, 1.54) is 6.92 Å². The number of nitrogens with two attached hydrogens (primary N) is 1. The highest BCUT2D eigenvalue weighted by atomic mass is 35.5. The number of anilines is 1. The van der Waals surface area contributed by atoms with Gasteiger partial charge in [0, 0.05) is 0 Å². The first-order valence-corrected chi connectivity index (χ1v) is 7.78. The second kappa shape index (κ2) is 5.02. The highest BCUT2D eigenvalue weighted by Gasteiger charge is 2.24. The normalized spacial score (nSPS) is 12.6. The Morgan fingerprint density at radius 1 is 1.28 bits per heavy atom. The monoisotopic (exact) mass is 315 g/mol. The smallest absolute Gasteiger partial charge is 0.299 e. The van der Waals surface area contributed by atoms with E-state index in [-0.39, 0.29) is 17.3 Å². The lowest BCUT2D eigenvalue weighted by Gasteiger charge is -2.09. The third-order valence-corrected chi connectivity index (χ3v) is 4.64. The van der Waals surface area contributed by atoms with E-state index >= 15 is 0 Å². The zero-order chi connectivity index (χ0) is 14.1. The molecule has 18 heavy (non-hydrogen) atoms. The van der Waals surface area contributed by atoms with Gasteiger partial charge in [-0.25, -0.2) is 0 Å². The topological polar surface area (TPSA) is 124 Å². The summed E-state index contributed by atoms with van der Waals surface area (Å²) in [5, 5.41) is -0.384. The second-order valence-electron chi connectivity index (χ2n) is 3.16. The van der Waals surface area contributed by atoms with Crippen LogP contribution in [0.15, 0.2) is 21.9 Å². The summed E-state index contributed by atoms with van der Waals surface area (Å²) in [5.41, 5.74) is 5.15. The molecule has 0 amide bonds. The van der Waals surface area contributed by atoms with Crippen molar-refractivity contribution in [3.8, 4) is 0 Å². The van der Waals surface area contributed by atoms with Crippen molar-refractivity contribution in [3.05, 3.63) is 17.2 Å². The third-order valence-electron chi connectivity index (χ3n) is 1.88. The summed E-state index contributed by atoms with van der Waals surface area (Å²) < 4.78 is 58.6. The summed E-state index contributed by atoms with van der Waals surface area (Å²) in [7, 11) is -8.86. The molecule has 0 aliphatic heterocycles. The highest BCUT2D eigenvalue weighted by molar-refractivity contribution is 7.87. The quantitative estimate of drug-likeness (QED) is 0.480. The number of hydrogen-bond acceptors (Lipinski definition) is 6. The molecule has 1 rings (SSSR count). The Morgan fingerprint density at radius 3 is 2.28 bits per heavy atom. The van der Waals surface area contributed by atoms with Crippen molar-refractivity contribution in [1.29, 1.82) is 0 Å². The predicted octanol–water partition coefficient (Wildman–Crippen LogP) is 0.894. The molecule has 0 spiro atoms. The molecule has 3 N–H and O–H groups in total. The first-order valence-electron chi connectivity index (χ1n) is 4.55. The van der Waals surface area contributed by atoms with Gasteiger partial charge in [0.2, 0.25) is 0 Å². The maximum absolute atomic E-state index is 11.6. The molecule has 0 radical (unpaired) electrons. The SMILES string of the molecule is CCOS(=O)(=O)c1cc(S(=O)(=O)O)c(Cl)cc1N. The Morgan fingerprint density at radius 2 is 1.83 bits per heavy atom. The van der Waals surface area contributed by atoms with Crippen LogP contribution in [0.4, 0.5) is 5.69 Å². The van der Waals surface area contributed by atoms with Crippen molar-refractivity contribution in [2.45, 2.75) is 16.7 Å².